The van der Waals surface area contributed by atoms with Gasteiger partial charge in [-0.3, -0.25) is 0 Å². The van der Waals surface area contributed by atoms with Crippen molar-refractivity contribution in [3.8, 4) is 0 Å². The molecule has 146 valence electrons. The Hall–Kier alpha value is -0.460. The number of aliphatic hydroxyl groups excluding tert-OH is 2. The molecule has 0 aromatic carbocycles. The number of aliphatic hydroxyl groups is 2. The lowest BCUT2D eigenvalue weighted by Gasteiger charge is -2.04. The Bertz CT molecular complexity index is 202. The van der Waals surface area contributed by atoms with Crippen LogP contribution in [0.4, 0.5) is 0 Å². The third kappa shape index (κ3) is 29.5. The third-order valence-corrected chi connectivity index (χ3v) is 3.23. The van der Waals surface area contributed by atoms with Crippen LogP contribution in [0, 0.1) is 0 Å². The van der Waals surface area contributed by atoms with Gasteiger partial charge in [-0.1, -0.05) is 51.5 Å². The van der Waals surface area contributed by atoms with Crippen LogP contribution in [-0.4, -0.2) is 63.1 Å². The molecule has 0 atom stereocenters. The summed E-state index contributed by atoms with van der Waals surface area (Å²) in [5.74, 6) is 0. The van der Waals surface area contributed by atoms with E-state index in [0.717, 1.165) is 0 Å². The highest BCUT2D eigenvalue weighted by atomic mass is 16.5. The molecule has 0 fully saturated rings. The standard InChI is InChI=1S/C11H22.C8H18O5/c1-3-5-7-9-11-10-8-6-4-2;9-1-3-11-5-7-13-8-6-12-4-2-10/h3H,1,4-11H2,2H3;9-10H,1-8H2. The lowest BCUT2D eigenvalue weighted by atomic mass is 10.1. The minimum absolute atomic E-state index is 0.0413. The molecule has 0 rings (SSSR count). The fourth-order valence-electron chi connectivity index (χ4n) is 1.92. The fraction of sp³-hybridized carbons (Fsp3) is 0.895. The van der Waals surface area contributed by atoms with E-state index in [4.69, 9.17) is 24.4 Å². The van der Waals surface area contributed by atoms with E-state index in [9.17, 15) is 0 Å². The monoisotopic (exact) mass is 348 g/mol. The van der Waals surface area contributed by atoms with Crippen LogP contribution in [-0.2, 0) is 14.2 Å². The zero-order valence-corrected chi connectivity index (χ0v) is 15.7. The van der Waals surface area contributed by atoms with Gasteiger partial charge in [0, 0.05) is 0 Å². The summed E-state index contributed by atoms with van der Waals surface area (Å²) in [5, 5.41) is 16.7. The molecule has 2 N–H and O–H groups in total. The van der Waals surface area contributed by atoms with Crippen LogP contribution in [0.3, 0.4) is 0 Å². The van der Waals surface area contributed by atoms with Gasteiger partial charge >= 0.3 is 0 Å². The van der Waals surface area contributed by atoms with Crippen molar-refractivity contribution in [2.45, 2.75) is 58.3 Å². The summed E-state index contributed by atoms with van der Waals surface area (Å²) in [5.41, 5.74) is 0. The van der Waals surface area contributed by atoms with Crippen LogP contribution in [0.5, 0.6) is 0 Å². The first-order valence-corrected chi connectivity index (χ1v) is 9.39. The number of unbranched alkanes of at least 4 members (excludes halogenated alkanes) is 7. The second-order valence-corrected chi connectivity index (χ2v) is 5.48. The first-order valence-electron chi connectivity index (χ1n) is 9.39. The summed E-state index contributed by atoms with van der Waals surface area (Å²) in [6.45, 7) is 8.73. The highest BCUT2D eigenvalue weighted by Crippen LogP contribution is 2.07. The lowest BCUT2D eigenvalue weighted by Crippen LogP contribution is -2.11. The van der Waals surface area contributed by atoms with Gasteiger partial charge < -0.3 is 24.4 Å². The molecule has 5 nitrogen and oxygen atoms in total. The molecule has 0 heterocycles. The van der Waals surface area contributed by atoms with Gasteiger partial charge in [0.2, 0.25) is 0 Å². The zero-order valence-electron chi connectivity index (χ0n) is 15.7. The van der Waals surface area contributed by atoms with Gasteiger partial charge in [-0.15, -0.1) is 6.58 Å². The summed E-state index contributed by atoms with van der Waals surface area (Å²) in [6.07, 6.45) is 13.0. The van der Waals surface area contributed by atoms with Crippen LogP contribution in [0.15, 0.2) is 12.7 Å². The quantitative estimate of drug-likeness (QED) is 0.294. The molecule has 0 spiro atoms. The molecule has 0 aliphatic rings. The third-order valence-electron chi connectivity index (χ3n) is 3.23. The maximum Gasteiger partial charge on any atom is 0.0701 e. The minimum Gasteiger partial charge on any atom is -0.394 e. The normalized spacial score (nSPS) is 10.3. The summed E-state index contributed by atoms with van der Waals surface area (Å²) < 4.78 is 15.0. The molecule has 24 heavy (non-hydrogen) atoms. The predicted octanol–water partition coefficient (Wildman–Crippen LogP) is 3.33. The van der Waals surface area contributed by atoms with Gasteiger partial charge in [0.25, 0.3) is 0 Å². The number of ether oxygens (including phenoxy) is 3. The molecule has 0 saturated heterocycles. The van der Waals surface area contributed by atoms with Crippen molar-refractivity contribution in [1.82, 2.24) is 0 Å². The summed E-state index contributed by atoms with van der Waals surface area (Å²) in [4.78, 5) is 0. The van der Waals surface area contributed by atoms with Crippen LogP contribution >= 0.6 is 0 Å². The largest absolute Gasteiger partial charge is 0.394 e. The van der Waals surface area contributed by atoms with E-state index >= 15 is 0 Å². The number of hydrogen-bond donors (Lipinski definition) is 2. The van der Waals surface area contributed by atoms with Gasteiger partial charge in [0.15, 0.2) is 0 Å². The van der Waals surface area contributed by atoms with Crippen molar-refractivity contribution in [1.29, 1.82) is 0 Å². The van der Waals surface area contributed by atoms with E-state index in [-0.39, 0.29) is 13.2 Å². The van der Waals surface area contributed by atoms with E-state index in [0.29, 0.717) is 39.6 Å². The van der Waals surface area contributed by atoms with Crippen molar-refractivity contribution in [3.63, 3.8) is 0 Å². The first kappa shape index (κ1) is 25.8. The SMILES string of the molecule is C=CCCCCCCCCC.OCCOCCOCCOCCO. The van der Waals surface area contributed by atoms with Gasteiger partial charge in [0.05, 0.1) is 52.9 Å². The summed E-state index contributed by atoms with van der Waals surface area (Å²) in [7, 11) is 0. The Morgan fingerprint density at radius 3 is 1.50 bits per heavy atom. The van der Waals surface area contributed by atoms with Crippen molar-refractivity contribution < 1.29 is 24.4 Å². The average molecular weight is 349 g/mol. The molecule has 0 amide bonds. The number of allylic oxidation sites excluding steroid dienone is 1. The second kappa shape index (κ2) is 27.4. The molecule has 0 aliphatic carbocycles. The van der Waals surface area contributed by atoms with E-state index in [1.165, 1.54) is 51.4 Å². The lowest BCUT2D eigenvalue weighted by molar-refractivity contribution is 0.00230. The van der Waals surface area contributed by atoms with E-state index in [2.05, 4.69) is 13.5 Å². The first-order chi connectivity index (χ1) is 11.8. The molecule has 0 aromatic heterocycles. The fourth-order valence-corrected chi connectivity index (χ4v) is 1.92. The van der Waals surface area contributed by atoms with Crippen LogP contribution in [0.2, 0.25) is 0 Å². The molecular formula is C19H40O5. The van der Waals surface area contributed by atoms with Crippen LogP contribution in [0.25, 0.3) is 0 Å². The maximum absolute atomic E-state index is 8.36. The Kier molecular flexibility index (Phi) is 29.4. The predicted molar refractivity (Wildman–Crippen MR) is 99.4 cm³/mol. The smallest absolute Gasteiger partial charge is 0.0701 e. The molecule has 0 radical (unpaired) electrons. The summed E-state index contributed by atoms with van der Waals surface area (Å²) >= 11 is 0. The average Bonchev–Trinajstić information content (AvgIpc) is 2.60. The molecule has 0 aromatic rings. The number of rotatable bonds is 18. The molecule has 0 aliphatic heterocycles. The van der Waals surface area contributed by atoms with E-state index < -0.39 is 0 Å². The van der Waals surface area contributed by atoms with Crippen LogP contribution in [0.1, 0.15) is 58.3 Å². The zero-order chi connectivity index (χ0) is 18.1. The number of hydrogen-bond acceptors (Lipinski definition) is 5. The molecule has 5 heteroatoms. The maximum atomic E-state index is 8.36. The second-order valence-electron chi connectivity index (χ2n) is 5.48. The van der Waals surface area contributed by atoms with Crippen molar-refractivity contribution in [2.24, 2.45) is 0 Å². The van der Waals surface area contributed by atoms with E-state index in [1.54, 1.807) is 0 Å². The topological polar surface area (TPSA) is 68.2 Å². The molecular weight excluding hydrogens is 308 g/mol. The Labute approximate surface area is 149 Å². The van der Waals surface area contributed by atoms with Crippen molar-refractivity contribution in [2.75, 3.05) is 52.9 Å². The van der Waals surface area contributed by atoms with Gasteiger partial charge in [-0.25, -0.2) is 0 Å². The van der Waals surface area contributed by atoms with Gasteiger partial charge in [0.1, 0.15) is 0 Å². The van der Waals surface area contributed by atoms with Gasteiger partial charge in [-0.2, -0.15) is 0 Å². The Morgan fingerprint density at radius 2 is 1.08 bits per heavy atom. The minimum atomic E-state index is 0.0413. The van der Waals surface area contributed by atoms with E-state index in [1.807, 2.05) is 6.08 Å². The molecule has 0 saturated carbocycles. The van der Waals surface area contributed by atoms with Gasteiger partial charge in [-0.05, 0) is 12.8 Å². The summed E-state index contributed by atoms with van der Waals surface area (Å²) in [6, 6.07) is 0. The van der Waals surface area contributed by atoms with Crippen molar-refractivity contribution >= 4 is 0 Å². The Balaban J connectivity index is 0. The highest BCUT2D eigenvalue weighted by Gasteiger charge is 1.90. The van der Waals surface area contributed by atoms with Crippen LogP contribution < -0.4 is 0 Å². The highest BCUT2D eigenvalue weighted by molar-refractivity contribution is 4.65. The molecule has 0 bridgehead atoms. The Morgan fingerprint density at radius 1 is 0.667 bits per heavy atom. The molecule has 0 unspecified atom stereocenters. The van der Waals surface area contributed by atoms with Crippen molar-refractivity contribution in [3.05, 3.63) is 12.7 Å².